The summed E-state index contributed by atoms with van der Waals surface area (Å²) in [6.45, 7) is 0.986. The van der Waals surface area contributed by atoms with Gasteiger partial charge in [0.25, 0.3) is 11.8 Å². The molecule has 2 amide bonds. The number of carbonyl (C=O) groups is 4. The molecule has 0 aliphatic rings. The van der Waals surface area contributed by atoms with Crippen LogP contribution in [0.1, 0.15) is 45.7 Å². The van der Waals surface area contributed by atoms with Crippen LogP contribution in [-0.4, -0.2) is 30.2 Å². The number of esters is 1. The largest absolute Gasteiger partial charge is 0.455 e. The lowest BCUT2D eigenvalue weighted by Gasteiger charge is -2.19. The van der Waals surface area contributed by atoms with Gasteiger partial charge in [-0.25, -0.2) is 0 Å². The predicted octanol–water partition coefficient (Wildman–Crippen LogP) is 3.93. The second-order valence-electron chi connectivity index (χ2n) is 7.35. The van der Waals surface area contributed by atoms with Crippen LogP contribution >= 0.6 is 0 Å². The van der Waals surface area contributed by atoms with Crippen molar-refractivity contribution >= 4 is 29.3 Å². The molecule has 168 valence electrons. The average Bonchev–Trinajstić information content (AvgIpc) is 2.83. The molecule has 0 fully saturated rings. The third kappa shape index (κ3) is 7.14. The van der Waals surface area contributed by atoms with Crippen LogP contribution in [0.3, 0.4) is 0 Å². The first-order valence-electron chi connectivity index (χ1n) is 10.4. The second kappa shape index (κ2) is 11.4. The lowest BCUT2D eigenvalue weighted by atomic mass is 10.0. The first-order valence-corrected chi connectivity index (χ1v) is 10.4. The van der Waals surface area contributed by atoms with Crippen molar-refractivity contribution in [3.8, 4) is 0 Å². The number of hydrogen-bond donors (Lipinski definition) is 2. The van der Waals surface area contributed by atoms with Gasteiger partial charge in [0.2, 0.25) is 0 Å². The van der Waals surface area contributed by atoms with Crippen LogP contribution in [0.25, 0.3) is 0 Å². The van der Waals surface area contributed by atoms with Crippen LogP contribution in [0.15, 0.2) is 84.9 Å². The van der Waals surface area contributed by atoms with E-state index in [0.717, 1.165) is 5.56 Å². The van der Waals surface area contributed by atoms with Crippen molar-refractivity contribution in [3.05, 3.63) is 102 Å². The van der Waals surface area contributed by atoms with Crippen molar-refractivity contribution in [1.82, 2.24) is 5.32 Å². The molecule has 1 atom stereocenters. The van der Waals surface area contributed by atoms with Crippen LogP contribution in [0.2, 0.25) is 0 Å². The maximum absolute atomic E-state index is 12.6. The highest BCUT2D eigenvalue weighted by Gasteiger charge is 2.20. The molecule has 0 bridgehead atoms. The molecule has 2 N–H and O–H groups in total. The van der Waals surface area contributed by atoms with Crippen molar-refractivity contribution < 1.29 is 23.9 Å². The van der Waals surface area contributed by atoms with Gasteiger partial charge in [-0.05, 0) is 48.9 Å². The fourth-order valence-corrected chi connectivity index (χ4v) is 3.13. The molecule has 3 rings (SSSR count). The first-order chi connectivity index (χ1) is 15.9. The molecule has 0 aliphatic carbocycles. The van der Waals surface area contributed by atoms with Gasteiger partial charge < -0.3 is 15.4 Å². The molecule has 0 aliphatic heterocycles. The van der Waals surface area contributed by atoms with Gasteiger partial charge in [0.1, 0.15) is 0 Å². The SMILES string of the molecule is CC(=O)c1ccc(NC(=O)COC(=O)C[C@@H](NC(=O)c2ccccc2)c2ccccc2)cc1. The van der Waals surface area contributed by atoms with E-state index < -0.39 is 24.5 Å². The minimum atomic E-state index is -0.626. The summed E-state index contributed by atoms with van der Waals surface area (Å²) >= 11 is 0. The summed E-state index contributed by atoms with van der Waals surface area (Å²) in [5.41, 5.74) is 2.23. The summed E-state index contributed by atoms with van der Waals surface area (Å²) in [5.74, 6) is -1.53. The maximum Gasteiger partial charge on any atom is 0.308 e. The zero-order valence-corrected chi connectivity index (χ0v) is 18.1. The zero-order chi connectivity index (χ0) is 23.6. The smallest absolute Gasteiger partial charge is 0.308 e. The lowest BCUT2D eigenvalue weighted by molar-refractivity contribution is -0.147. The van der Waals surface area contributed by atoms with Crippen LogP contribution in [0.5, 0.6) is 0 Å². The van der Waals surface area contributed by atoms with Crippen molar-refractivity contribution in [2.24, 2.45) is 0 Å². The van der Waals surface area contributed by atoms with E-state index in [2.05, 4.69) is 10.6 Å². The number of anilines is 1. The Morgan fingerprint density at radius 3 is 2.00 bits per heavy atom. The van der Waals surface area contributed by atoms with E-state index in [1.165, 1.54) is 6.92 Å². The molecule has 7 heteroatoms. The number of Topliss-reactive ketones (excluding diaryl/α,β-unsaturated/α-hetero) is 1. The Bertz CT molecular complexity index is 1110. The molecular weight excluding hydrogens is 420 g/mol. The highest BCUT2D eigenvalue weighted by molar-refractivity contribution is 5.96. The Hall–Kier alpha value is -4.26. The molecule has 33 heavy (non-hydrogen) atoms. The third-order valence-corrected chi connectivity index (χ3v) is 4.85. The van der Waals surface area contributed by atoms with Crippen molar-refractivity contribution in [1.29, 1.82) is 0 Å². The Balaban J connectivity index is 1.57. The normalized spacial score (nSPS) is 11.2. The maximum atomic E-state index is 12.6. The number of carbonyl (C=O) groups excluding carboxylic acids is 4. The number of rotatable bonds is 9. The van der Waals surface area contributed by atoms with E-state index in [1.807, 2.05) is 24.3 Å². The predicted molar refractivity (Wildman–Crippen MR) is 124 cm³/mol. The molecular formula is C26H24N2O5. The van der Waals surface area contributed by atoms with E-state index in [0.29, 0.717) is 16.8 Å². The fourth-order valence-electron chi connectivity index (χ4n) is 3.13. The Morgan fingerprint density at radius 2 is 1.39 bits per heavy atom. The molecule has 0 saturated heterocycles. The molecule has 0 heterocycles. The summed E-state index contributed by atoms with van der Waals surface area (Å²) in [6.07, 6.45) is -0.136. The van der Waals surface area contributed by atoms with Crippen molar-refractivity contribution in [2.45, 2.75) is 19.4 Å². The number of benzene rings is 3. The summed E-state index contributed by atoms with van der Waals surface area (Å²) in [7, 11) is 0. The molecule has 0 aromatic heterocycles. The Morgan fingerprint density at radius 1 is 0.788 bits per heavy atom. The van der Waals surface area contributed by atoms with Gasteiger partial charge in [0.05, 0.1) is 12.5 Å². The Labute approximate surface area is 191 Å². The van der Waals surface area contributed by atoms with Gasteiger partial charge in [0.15, 0.2) is 12.4 Å². The summed E-state index contributed by atoms with van der Waals surface area (Å²) in [6, 6.07) is 23.5. The second-order valence-corrected chi connectivity index (χ2v) is 7.35. The lowest BCUT2D eigenvalue weighted by Crippen LogP contribution is -2.31. The van der Waals surface area contributed by atoms with E-state index >= 15 is 0 Å². The van der Waals surface area contributed by atoms with E-state index in [4.69, 9.17) is 4.74 Å². The van der Waals surface area contributed by atoms with E-state index in [-0.39, 0.29) is 18.1 Å². The molecule has 7 nitrogen and oxygen atoms in total. The average molecular weight is 444 g/mol. The van der Waals surface area contributed by atoms with Gasteiger partial charge in [0, 0.05) is 16.8 Å². The number of hydrogen-bond acceptors (Lipinski definition) is 5. The van der Waals surface area contributed by atoms with Crippen LogP contribution in [-0.2, 0) is 14.3 Å². The molecule has 0 radical (unpaired) electrons. The van der Waals surface area contributed by atoms with Crippen molar-refractivity contribution in [2.75, 3.05) is 11.9 Å². The summed E-state index contributed by atoms with van der Waals surface area (Å²) in [4.78, 5) is 48.5. The molecule has 3 aromatic carbocycles. The minimum Gasteiger partial charge on any atom is -0.455 e. The van der Waals surface area contributed by atoms with Gasteiger partial charge >= 0.3 is 5.97 Å². The van der Waals surface area contributed by atoms with E-state index in [1.54, 1.807) is 60.7 Å². The third-order valence-electron chi connectivity index (χ3n) is 4.85. The van der Waals surface area contributed by atoms with Gasteiger partial charge in [-0.2, -0.15) is 0 Å². The molecule has 0 saturated carbocycles. The van der Waals surface area contributed by atoms with Crippen LogP contribution < -0.4 is 10.6 Å². The number of ketones is 1. The van der Waals surface area contributed by atoms with Gasteiger partial charge in [-0.1, -0.05) is 48.5 Å². The quantitative estimate of drug-likeness (QED) is 0.385. The highest BCUT2D eigenvalue weighted by Crippen LogP contribution is 2.18. The first kappa shape index (κ1) is 23.4. The molecule has 3 aromatic rings. The Kier molecular flexibility index (Phi) is 8.07. The monoisotopic (exact) mass is 444 g/mol. The standard InChI is InChI=1S/C26H24N2O5/c1-18(29)19-12-14-22(15-13-19)27-24(30)17-33-25(31)16-23(20-8-4-2-5-9-20)28-26(32)21-10-6-3-7-11-21/h2-15,23H,16-17H2,1H3,(H,27,30)(H,28,32)/t23-/m1/s1. The topological polar surface area (TPSA) is 102 Å². The summed E-state index contributed by atoms with van der Waals surface area (Å²) < 4.78 is 5.12. The zero-order valence-electron chi connectivity index (χ0n) is 18.1. The molecule has 0 unspecified atom stereocenters. The van der Waals surface area contributed by atoms with Crippen molar-refractivity contribution in [3.63, 3.8) is 0 Å². The number of nitrogens with one attached hydrogen (secondary N) is 2. The van der Waals surface area contributed by atoms with Gasteiger partial charge in [-0.15, -0.1) is 0 Å². The van der Waals surface area contributed by atoms with E-state index in [9.17, 15) is 19.2 Å². The summed E-state index contributed by atoms with van der Waals surface area (Å²) in [5, 5.41) is 5.46. The highest BCUT2D eigenvalue weighted by atomic mass is 16.5. The fraction of sp³-hybridized carbons (Fsp3) is 0.154. The van der Waals surface area contributed by atoms with Crippen LogP contribution in [0.4, 0.5) is 5.69 Å². The van der Waals surface area contributed by atoms with Crippen LogP contribution in [0, 0.1) is 0 Å². The molecule has 0 spiro atoms. The number of ether oxygens (including phenoxy) is 1. The number of amides is 2. The minimum absolute atomic E-state index is 0.0749. The van der Waals surface area contributed by atoms with Gasteiger partial charge in [-0.3, -0.25) is 19.2 Å².